The third-order valence-corrected chi connectivity index (χ3v) is 3.62. The number of hydrogen-bond acceptors (Lipinski definition) is 5. The Hall–Kier alpha value is -3.03. The van der Waals surface area contributed by atoms with E-state index in [0.717, 1.165) is 4.57 Å². The molecule has 0 fully saturated rings. The minimum absolute atomic E-state index is 0.0691. The largest absolute Gasteiger partial charge is 0.478 e. The average Bonchev–Trinajstić information content (AvgIpc) is 2.48. The van der Waals surface area contributed by atoms with Crippen molar-refractivity contribution in [1.29, 1.82) is 0 Å². The molecule has 0 amide bonds. The highest BCUT2D eigenvalue weighted by atomic mass is 16.4. The fraction of sp³-hybridized carbons (Fsp3) is 0.214. The number of nitrogens with zero attached hydrogens (tertiary/aromatic N) is 4. The smallest absolute Gasteiger partial charge is 0.336 e. The number of benzene rings is 1. The van der Waals surface area contributed by atoms with E-state index in [1.807, 2.05) is 0 Å². The zero-order valence-corrected chi connectivity index (χ0v) is 12.1. The van der Waals surface area contributed by atoms with Crippen molar-refractivity contribution in [2.24, 2.45) is 14.1 Å². The van der Waals surface area contributed by atoms with E-state index in [2.05, 4.69) is 9.97 Å². The molecule has 8 heteroatoms. The summed E-state index contributed by atoms with van der Waals surface area (Å²) in [4.78, 5) is 43.8. The van der Waals surface area contributed by atoms with Crippen molar-refractivity contribution < 1.29 is 9.90 Å². The fourth-order valence-corrected chi connectivity index (χ4v) is 2.37. The van der Waals surface area contributed by atoms with Crippen LogP contribution in [-0.4, -0.2) is 30.2 Å². The summed E-state index contributed by atoms with van der Waals surface area (Å²) < 4.78 is 2.17. The average molecular weight is 300 g/mol. The van der Waals surface area contributed by atoms with Gasteiger partial charge in [-0.3, -0.25) is 13.9 Å². The normalized spacial score (nSPS) is 11.2. The van der Waals surface area contributed by atoms with Crippen molar-refractivity contribution in [1.82, 2.24) is 19.1 Å². The van der Waals surface area contributed by atoms with Gasteiger partial charge in [-0.05, 0) is 24.6 Å². The monoisotopic (exact) mass is 300 g/mol. The van der Waals surface area contributed by atoms with Gasteiger partial charge in [0, 0.05) is 14.1 Å². The maximum atomic E-state index is 12.2. The number of rotatable bonds is 1. The van der Waals surface area contributed by atoms with Crippen LogP contribution in [0.25, 0.3) is 22.2 Å². The number of aromatic nitrogens is 4. The lowest BCUT2D eigenvalue weighted by atomic mass is 10.1. The molecule has 0 radical (unpaired) electrons. The minimum Gasteiger partial charge on any atom is -0.478 e. The van der Waals surface area contributed by atoms with E-state index in [4.69, 9.17) is 5.11 Å². The number of aromatic carboxylic acids is 1. The van der Waals surface area contributed by atoms with Gasteiger partial charge >= 0.3 is 11.7 Å². The molecular weight excluding hydrogens is 288 g/mol. The molecule has 0 bridgehead atoms. The number of hydrogen-bond donors (Lipinski definition) is 1. The summed E-state index contributed by atoms with van der Waals surface area (Å²) in [5.41, 5.74) is 0.499. The summed E-state index contributed by atoms with van der Waals surface area (Å²) in [5, 5.41) is 9.16. The molecule has 8 nitrogen and oxygen atoms in total. The first-order valence-corrected chi connectivity index (χ1v) is 6.42. The highest BCUT2D eigenvalue weighted by Crippen LogP contribution is 2.18. The van der Waals surface area contributed by atoms with Gasteiger partial charge in [-0.25, -0.2) is 19.6 Å². The molecular formula is C14H12N4O4. The zero-order valence-electron chi connectivity index (χ0n) is 12.1. The van der Waals surface area contributed by atoms with Gasteiger partial charge in [0.15, 0.2) is 11.2 Å². The second-order valence-electron chi connectivity index (χ2n) is 5.06. The SMILES string of the molecule is Cc1cc2nc3c(=O)n(C)c(=O)n(C)c3nc2cc1C(=O)O. The predicted molar refractivity (Wildman–Crippen MR) is 79.2 cm³/mol. The predicted octanol–water partition coefficient (Wildman–Crippen LogP) is 0.187. The van der Waals surface area contributed by atoms with Crippen LogP contribution in [0.4, 0.5) is 0 Å². The van der Waals surface area contributed by atoms with Crippen molar-refractivity contribution in [3.05, 3.63) is 44.1 Å². The molecule has 22 heavy (non-hydrogen) atoms. The van der Waals surface area contributed by atoms with Crippen LogP contribution in [0.15, 0.2) is 21.7 Å². The summed E-state index contributed by atoms with van der Waals surface area (Å²) in [6, 6.07) is 2.96. The van der Waals surface area contributed by atoms with Crippen LogP contribution in [-0.2, 0) is 14.1 Å². The minimum atomic E-state index is -1.07. The summed E-state index contributed by atoms with van der Waals surface area (Å²) >= 11 is 0. The molecule has 0 spiro atoms. The first-order valence-electron chi connectivity index (χ1n) is 6.42. The molecule has 0 saturated heterocycles. The molecule has 0 saturated carbocycles. The third kappa shape index (κ3) is 1.80. The molecule has 112 valence electrons. The third-order valence-electron chi connectivity index (χ3n) is 3.62. The summed E-state index contributed by atoms with van der Waals surface area (Å²) in [5.74, 6) is -1.07. The number of fused-ring (bicyclic) bond motifs is 2. The van der Waals surface area contributed by atoms with Crippen molar-refractivity contribution >= 4 is 28.2 Å². The van der Waals surface area contributed by atoms with Gasteiger partial charge in [-0.15, -0.1) is 0 Å². The fourth-order valence-electron chi connectivity index (χ4n) is 2.37. The number of carboxylic acids is 1. The van der Waals surface area contributed by atoms with Crippen LogP contribution < -0.4 is 11.2 Å². The van der Waals surface area contributed by atoms with Crippen molar-refractivity contribution in [2.45, 2.75) is 6.92 Å². The van der Waals surface area contributed by atoms with Gasteiger partial charge in [0.05, 0.1) is 16.6 Å². The first-order chi connectivity index (χ1) is 10.3. The van der Waals surface area contributed by atoms with E-state index in [1.165, 1.54) is 24.7 Å². The van der Waals surface area contributed by atoms with Crippen LogP contribution in [0.1, 0.15) is 15.9 Å². The summed E-state index contributed by atoms with van der Waals surface area (Å²) in [6.07, 6.45) is 0. The van der Waals surface area contributed by atoms with Gasteiger partial charge in [0.2, 0.25) is 0 Å². The van der Waals surface area contributed by atoms with Crippen molar-refractivity contribution in [3.63, 3.8) is 0 Å². The first kappa shape index (κ1) is 13.9. The van der Waals surface area contributed by atoms with Gasteiger partial charge < -0.3 is 5.11 Å². The molecule has 2 aromatic heterocycles. The molecule has 2 heterocycles. The molecule has 0 aliphatic rings. The highest BCUT2D eigenvalue weighted by Gasteiger charge is 2.15. The molecule has 0 atom stereocenters. The summed E-state index contributed by atoms with van der Waals surface area (Å²) in [6.45, 7) is 1.65. The van der Waals surface area contributed by atoms with Crippen LogP contribution in [0, 0.1) is 6.92 Å². The molecule has 1 N–H and O–H groups in total. The van der Waals surface area contributed by atoms with Gasteiger partial charge in [0.25, 0.3) is 5.56 Å². The van der Waals surface area contributed by atoms with E-state index < -0.39 is 17.2 Å². The van der Waals surface area contributed by atoms with Crippen LogP contribution in [0.3, 0.4) is 0 Å². The molecule has 1 aromatic carbocycles. The topological polar surface area (TPSA) is 107 Å². The second kappa shape index (κ2) is 4.48. The van der Waals surface area contributed by atoms with Crippen LogP contribution in [0.5, 0.6) is 0 Å². The zero-order chi connectivity index (χ0) is 16.2. The molecule has 3 rings (SSSR count). The second-order valence-corrected chi connectivity index (χ2v) is 5.06. The maximum absolute atomic E-state index is 12.2. The number of aryl methyl sites for hydroxylation is 2. The Morgan fingerprint density at radius 1 is 1.09 bits per heavy atom. The van der Waals surface area contributed by atoms with Gasteiger partial charge in [-0.1, -0.05) is 0 Å². The van der Waals surface area contributed by atoms with Crippen molar-refractivity contribution in [3.8, 4) is 0 Å². The Kier molecular flexibility index (Phi) is 2.84. The van der Waals surface area contributed by atoms with Crippen molar-refractivity contribution in [2.75, 3.05) is 0 Å². The van der Waals surface area contributed by atoms with E-state index >= 15 is 0 Å². The Morgan fingerprint density at radius 2 is 1.73 bits per heavy atom. The van der Waals surface area contributed by atoms with E-state index in [1.54, 1.807) is 13.0 Å². The van der Waals surface area contributed by atoms with Gasteiger partial charge in [0.1, 0.15) is 0 Å². The lowest BCUT2D eigenvalue weighted by Gasteiger charge is -2.08. The molecule has 3 aromatic rings. The Bertz CT molecular complexity index is 1080. The standard InChI is InChI=1S/C14H12N4O4/c1-6-4-8-9(5-7(6)13(20)21)16-11-10(15-8)12(19)18(3)14(22)17(11)2/h4-5H,1-3H3,(H,20,21). The Balaban J connectivity index is 2.55. The molecule has 0 aliphatic heterocycles. The van der Waals surface area contributed by atoms with Crippen LogP contribution in [0.2, 0.25) is 0 Å². The van der Waals surface area contributed by atoms with E-state index in [0.29, 0.717) is 16.6 Å². The maximum Gasteiger partial charge on any atom is 0.336 e. The van der Waals surface area contributed by atoms with E-state index in [-0.39, 0.29) is 16.7 Å². The Morgan fingerprint density at radius 3 is 2.36 bits per heavy atom. The molecule has 0 aliphatic carbocycles. The summed E-state index contributed by atoms with van der Waals surface area (Å²) in [7, 11) is 2.85. The molecule has 0 unspecified atom stereocenters. The van der Waals surface area contributed by atoms with E-state index in [9.17, 15) is 14.4 Å². The lowest BCUT2D eigenvalue weighted by molar-refractivity contribution is 0.0696. The number of carbonyl (C=O) groups is 1. The van der Waals surface area contributed by atoms with Gasteiger partial charge in [-0.2, -0.15) is 0 Å². The highest BCUT2D eigenvalue weighted by molar-refractivity contribution is 5.95. The quantitative estimate of drug-likeness (QED) is 0.643. The lowest BCUT2D eigenvalue weighted by Crippen LogP contribution is -2.37. The van der Waals surface area contributed by atoms with Crippen LogP contribution >= 0.6 is 0 Å². The Labute approximate surface area is 123 Å². The number of carboxylic acid groups (broad SMARTS) is 1.